The van der Waals surface area contributed by atoms with E-state index < -0.39 is 0 Å². The van der Waals surface area contributed by atoms with Gasteiger partial charge in [0.2, 0.25) is 17.6 Å². The van der Waals surface area contributed by atoms with E-state index in [0.29, 0.717) is 17.6 Å². The van der Waals surface area contributed by atoms with Crippen LogP contribution < -0.4 is 20.4 Å². The molecular formula is C18H29N7O2S. The second-order valence-electron chi connectivity index (χ2n) is 7.62. The lowest BCUT2D eigenvalue weighted by Gasteiger charge is -2.31. The van der Waals surface area contributed by atoms with Gasteiger partial charge in [-0.15, -0.1) is 0 Å². The van der Waals surface area contributed by atoms with Crippen molar-refractivity contribution in [2.24, 2.45) is 0 Å². The minimum absolute atomic E-state index is 0.0383. The Bertz CT molecular complexity index is 687. The highest BCUT2D eigenvalue weighted by Gasteiger charge is 2.32. The van der Waals surface area contributed by atoms with Crippen LogP contribution in [0, 0.1) is 10.1 Å². The van der Waals surface area contributed by atoms with Crippen LogP contribution >= 0.6 is 11.8 Å². The maximum atomic E-state index is 12.0. The van der Waals surface area contributed by atoms with Gasteiger partial charge in [-0.25, -0.2) is 0 Å². The Morgan fingerprint density at radius 3 is 2.43 bits per heavy atom. The van der Waals surface area contributed by atoms with Gasteiger partial charge < -0.3 is 20.4 Å². The zero-order valence-corrected chi connectivity index (χ0v) is 17.0. The lowest BCUT2D eigenvalue weighted by molar-refractivity contribution is -0.383. The summed E-state index contributed by atoms with van der Waals surface area (Å²) in [7, 11) is 0. The first-order valence-electron chi connectivity index (χ1n) is 10.3. The Hall–Kier alpha value is -1.81. The highest BCUT2D eigenvalue weighted by molar-refractivity contribution is 7.99. The molecule has 0 spiro atoms. The molecule has 0 amide bonds. The lowest BCUT2D eigenvalue weighted by Crippen LogP contribution is -2.44. The lowest BCUT2D eigenvalue weighted by atomic mass is 9.95. The first-order valence-corrected chi connectivity index (χ1v) is 11.5. The summed E-state index contributed by atoms with van der Waals surface area (Å²) >= 11 is 1.88. The maximum Gasteiger partial charge on any atom is 0.353 e. The van der Waals surface area contributed by atoms with Crippen molar-refractivity contribution in [1.82, 2.24) is 15.3 Å². The van der Waals surface area contributed by atoms with Gasteiger partial charge in [-0.3, -0.25) is 10.1 Å². The molecule has 154 valence electrons. The van der Waals surface area contributed by atoms with Crippen LogP contribution in [0.15, 0.2) is 0 Å². The molecule has 1 saturated carbocycles. The van der Waals surface area contributed by atoms with Crippen LogP contribution in [-0.4, -0.2) is 71.7 Å². The molecular weight excluding hydrogens is 378 g/mol. The fourth-order valence-electron chi connectivity index (χ4n) is 4.14. The number of nitrogens with one attached hydrogen (secondary N) is 2. The molecule has 2 saturated heterocycles. The number of hydrogen-bond acceptors (Lipinski definition) is 9. The Morgan fingerprint density at radius 2 is 1.75 bits per heavy atom. The van der Waals surface area contributed by atoms with E-state index in [-0.39, 0.29) is 16.7 Å². The zero-order valence-electron chi connectivity index (χ0n) is 16.2. The quantitative estimate of drug-likeness (QED) is 0.561. The Balaban J connectivity index is 1.72. The van der Waals surface area contributed by atoms with E-state index >= 15 is 0 Å². The summed E-state index contributed by atoms with van der Waals surface area (Å²) in [6, 6.07) is 0.253. The van der Waals surface area contributed by atoms with Crippen LogP contribution in [0.2, 0.25) is 0 Å². The van der Waals surface area contributed by atoms with Crippen LogP contribution in [0.4, 0.5) is 23.3 Å². The molecule has 28 heavy (non-hydrogen) atoms. The summed E-state index contributed by atoms with van der Waals surface area (Å²) < 4.78 is 0. The molecule has 3 aliphatic rings. The average molecular weight is 408 g/mol. The standard InChI is InChI=1S/C18H29N7O2S/c26-25(27)15-16(20-14-4-2-1-3-5-14)21-18(24-8-6-19-7-9-24)22-17(15)23-10-12-28-13-11-23/h14,19H,1-13H2,(H,20,21,22). The number of rotatable bonds is 5. The smallest absolute Gasteiger partial charge is 0.353 e. The van der Waals surface area contributed by atoms with E-state index in [2.05, 4.69) is 25.4 Å². The minimum Gasteiger partial charge on any atom is -0.361 e. The number of aromatic nitrogens is 2. The highest BCUT2D eigenvalue weighted by atomic mass is 32.2. The summed E-state index contributed by atoms with van der Waals surface area (Å²) in [6.07, 6.45) is 5.65. The van der Waals surface area contributed by atoms with Gasteiger partial charge in [0, 0.05) is 56.8 Å². The molecule has 0 bridgehead atoms. The molecule has 10 heteroatoms. The molecule has 9 nitrogen and oxygen atoms in total. The predicted molar refractivity (Wildman–Crippen MR) is 114 cm³/mol. The molecule has 0 aromatic carbocycles. The third-order valence-electron chi connectivity index (χ3n) is 5.69. The Kier molecular flexibility index (Phi) is 6.36. The van der Waals surface area contributed by atoms with Gasteiger partial charge >= 0.3 is 5.69 Å². The van der Waals surface area contributed by atoms with E-state index in [4.69, 9.17) is 4.98 Å². The van der Waals surface area contributed by atoms with Crippen LogP contribution in [0.5, 0.6) is 0 Å². The normalized spacial score (nSPS) is 21.6. The molecule has 1 aliphatic carbocycles. The summed E-state index contributed by atoms with van der Waals surface area (Å²) in [5, 5.41) is 18.8. The van der Waals surface area contributed by atoms with E-state index in [0.717, 1.165) is 76.5 Å². The number of anilines is 3. The van der Waals surface area contributed by atoms with Crippen molar-refractivity contribution in [2.45, 2.75) is 38.1 Å². The van der Waals surface area contributed by atoms with Crippen LogP contribution in [0.3, 0.4) is 0 Å². The fourth-order valence-corrected chi connectivity index (χ4v) is 5.05. The number of nitrogens with zero attached hydrogens (tertiary/aromatic N) is 5. The van der Waals surface area contributed by atoms with Crippen LogP contribution in [0.25, 0.3) is 0 Å². The molecule has 1 aromatic heterocycles. The Labute approximate surface area is 169 Å². The fraction of sp³-hybridized carbons (Fsp3) is 0.778. The second-order valence-corrected chi connectivity index (χ2v) is 8.84. The largest absolute Gasteiger partial charge is 0.361 e. The highest BCUT2D eigenvalue weighted by Crippen LogP contribution is 2.37. The van der Waals surface area contributed by atoms with Crippen LogP contribution in [-0.2, 0) is 0 Å². The first-order chi connectivity index (χ1) is 13.7. The van der Waals surface area contributed by atoms with Gasteiger partial charge in [-0.2, -0.15) is 21.7 Å². The van der Waals surface area contributed by atoms with Gasteiger partial charge in [-0.1, -0.05) is 19.3 Å². The third-order valence-corrected chi connectivity index (χ3v) is 6.64. The minimum atomic E-state index is -0.302. The third kappa shape index (κ3) is 4.43. The topological polar surface area (TPSA) is 99.5 Å². The van der Waals surface area contributed by atoms with Crippen molar-refractivity contribution in [1.29, 1.82) is 0 Å². The SMILES string of the molecule is O=[N+]([O-])c1c(NC2CCCCC2)nc(N2CCNCC2)nc1N1CCSCC1. The summed E-state index contributed by atoms with van der Waals surface area (Å²) in [5.74, 6) is 3.42. The molecule has 0 atom stereocenters. The molecule has 3 heterocycles. The molecule has 2 N–H and O–H groups in total. The van der Waals surface area contributed by atoms with Gasteiger partial charge in [0.15, 0.2) is 0 Å². The van der Waals surface area contributed by atoms with Gasteiger partial charge in [0.1, 0.15) is 0 Å². The van der Waals surface area contributed by atoms with E-state index in [9.17, 15) is 10.1 Å². The number of nitro groups is 1. The number of thioether (sulfide) groups is 1. The second kappa shape index (κ2) is 9.13. The molecule has 2 aliphatic heterocycles. The average Bonchev–Trinajstić information content (AvgIpc) is 2.75. The molecule has 1 aromatic rings. The Morgan fingerprint density at radius 1 is 1.04 bits per heavy atom. The summed E-state index contributed by atoms with van der Waals surface area (Å²) in [5.41, 5.74) is 0.0383. The van der Waals surface area contributed by atoms with Gasteiger partial charge in [0.25, 0.3) is 0 Å². The van der Waals surface area contributed by atoms with Gasteiger partial charge in [0.05, 0.1) is 4.92 Å². The molecule has 3 fully saturated rings. The van der Waals surface area contributed by atoms with Crippen LogP contribution in [0.1, 0.15) is 32.1 Å². The van der Waals surface area contributed by atoms with Crippen molar-refractivity contribution in [2.75, 3.05) is 65.9 Å². The zero-order chi connectivity index (χ0) is 19.3. The number of piperazine rings is 1. The van der Waals surface area contributed by atoms with Crippen molar-refractivity contribution >= 4 is 35.0 Å². The first kappa shape index (κ1) is 19.5. The van der Waals surface area contributed by atoms with Crippen molar-refractivity contribution < 1.29 is 4.92 Å². The monoisotopic (exact) mass is 407 g/mol. The molecule has 4 rings (SSSR count). The van der Waals surface area contributed by atoms with Crippen molar-refractivity contribution in [3.8, 4) is 0 Å². The number of hydrogen-bond donors (Lipinski definition) is 2. The van der Waals surface area contributed by atoms with Gasteiger partial charge in [-0.05, 0) is 12.8 Å². The predicted octanol–water partition coefficient (Wildman–Crippen LogP) is 2.09. The van der Waals surface area contributed by atoms with E-state index in [1.807, 2.05) is 11.8 Å². The van der Waals surface area contributed by atoms with E-state index in [1.165, 1.54) is 6.42 Å². The van der Waals surface area contributed by atoms with E-state index in [1.54, 1.807) is 0 Å². The summed E-state index contributed by atoms with van der Waals surface area (Å²) in [6.45, 7) is 4.95. The summed E-state index contributed by atoms with van der Waals surface area (Å²) in [4.78, 5) is 25.3. The molecule has 0 unspecified atom stereocenters. The molecule has 0 radical (unpaired) electrons. The van der Waals surface area contributed by atoms with Crippen molar-refractivity contribution in [3.05, 3.63) is 10.1 Å². The van der Waals surface area contributed by atoms with Crippen molar-refractivity contribution in [3.63, 3.8) is 0 Å². The maximum absolute atomic E-state index is 12.0.